The van der Waals surface area contributed by atoms with Crippen LogP contribution in [0.25, 0.3) is 0 Å². The van der Waals surface area contributed by atoms with Crippen LogP contribution in [-0.4, -0.2) is 4.98 Å². The standard InChI is InChI=1S/C18H34N2/c1-3-5-6-7-8-9-10-11-12-13-14-18(4-2)20-16-15-19-17-20/h15-18H,3-14H2,1-2H3/p+1. The third-order valence-corrected chi connectivity index (χ3v) is 4.35. The average molecular weight is 279 g/mol. The summed E-state index contributed by atoms with van der Waals surface area (Å²) in [6, 6.07) is 0.690. The van der Waals surface area contributed by atoms with Gasteiger partial charge in [0.1, 0.15) is 18.4 Å². The Balaban J connectivity index is 1.91. The van der Waals surface area contributed by atoms with Crippen molar-refractivity contribution in [3.63, 3.8) is 0 Å². The Hall–Kier alpha value is -0.790. The van der Waals surface area contributed by atoms with E-state index in [9.17, 15) is 0 Å². The van der Waals surface area contributed by atoms with E-state index < -0.39 is 0 Å². The van der Waals surface area contributed by atoms with Gasteiger partial charge in [-0.3, -0.25) is 4.98 Å². The highest BCUT2D eigenvalue weighted by molar-refractivity contribution is 4.60. The topological polar surface area (TPSA) is 19.7 Å². The molecular formula is C18H35N2+. The summed E-state index contributed by atoms with van der Waals surface area (Å²) in [7, 11) is 0. The van der Waals surface area contributed by atoms with Crippen molar-refractivity contribution in [2.75, 3.05) is 0 Å². The minimum absolute atomic E-state index is 0.690. The van der Waals surface area contributed by atoms with Gasteiger partial charge < -0.3 is 0 Å². The molecule has 0 aliphatic rings. The monoisotopic (exact) mass is 279 g/mol. The summed E-state index contributed by atoms with van der Waals surface area (Å²) in [5.74, 6) is 0. The highest BCUT2D eigenvalue weighted by Gasteiger charge is 2.11. The van der Waals surface area contributed by atoms with Gasteiger partial charge in [0.25, 0.3) is 0 Å². The number of unbranched alkanes of at least 4 members (excludes halogenated alkanes) is 9. The molecule has 0 saturated carbocycles. The maximum absolute atomic E-state index is 3.15. The van der Waals surface area contributed by atoms with Crippen LogP contribution in [0.15, 0.2) is 18.7 Å². The molecule has 0 saturated heterocycles. The molecule has 0 aromatic carbocycles. The zero-order chi connectivity index (χ0) is 14.5. The van der Waals surface area contributed by atoms with E-state index >= 15 is 0 Å². The molecule has 1 rings (SSSR count). The number of hydrogen-bond donors (Lipinski definition) is 1. The van der Waals surface area contributed by atoms with Crippen molar-refractivity contribution in [3.8, 4) is 0 Å². The zero-order valence-corrected chi connectivity index (χ0v) is 13.7. The molecule has 20 heavy (non-hydrogen) atoms. The summed E-state index contributed by atoms with van der Waals surface area (Å²) in [5.41, 5.74) is 0. The van der Waals surface area contributed by atoms with Crippen molar-refractivity contribution in [2.24, 2.45) is 0 Å². The van der Waals surface area contributed by atoms with Gasteiger partial charge in [-0.1, -0.05) is 71.6 Å². The first-order chi connectivity index (χ1) is 9.88. The van der Waals surface area contributed by atoms with Gasteiger partial charge in [-0.15, -0.1) is 0 Å². The fourth-order valence-electron chi connectivity index (χ4n) is 2.96. The van der Waals surface area contributed by atoms with Crippen LogP contribution in [-0.2, 0) is 0 Å². The fourth-order valence-corrected chi connectivity index (χ4v) is 2.96. The Morgan fingerprint density at radius 3 is 1.95 bits per heavy atom. The predicted octanol–water partition coefficient (Wildman–Crippen LogP) is 5.56. The second kappa shape index (κ2) is 12.0. The van der Waals surface area contributed by atoms with Gasteiger partial charge in [0.05, 0.1) is 0 Å². The number of imidazole rings is 1. The van der Waals surface area contributed by atoms with E-state index in [1.165, 1.54) is 77.0 Å². The summed E-state index contributed by atoms with van der Waals surface area (Å²) in [4.78, 5) is 3.15. The molecule has 0 aliphatic carbocycles. The zero-order valence-electron chi connectivity index (χ0n) is 13.7. The lowest BCUT2D eigenvalue weighted by Gasteiger charge is -2.11. The second-order valence-electron chi connectivity index (χ2n) is 6.09. The minimum Gasteiger partial charge on any atom is -0.250 e. The van der Waals surface area contributed by atoms with E-state index in [0.717, 1.165) is 0 Å². The Labute approximate surface area is 126 Å². The number of aromatic nitrogens is 2. The molecule has 2 nitrogen and oxygen atoms in total. The average Bonchev–Trinajstić information content (AvgIpc) is 2.99. The van der Waals surface area contributed by atoms with Crippen LogP contribution in [0.5, 0.6) is 0 Å². The molecular weight excluding hydrogens is 244 g/mol. The first kappa shape index (κ1) is 17.3. The van der Waals surface area contributed by atoms with Crippen molar-refractivity contribution in [1.82, 2.24) is 4.98 Å². The smallest absolute Gasteiger partial charge is 0.241 e. The van der Waals surface area contributed by atoms with Gasteiger partial charge >= 0.3 is 0 Å². The van der Waals surface area contributed by atoms with Crippen molar-refractivity contribution in [1.29, 1.82) is 0 Å². The quantitative estimate of drug-likeness (QED) is 0.360. The molecule has 1 heterocycles. The van der Waals surface area contributed by atoms with Crippen LogP contribution < -0.4 is 4.57 Å². The summed E-state index contributed by atoms with van der Waals surface area (Å²) in [6.45, 7) is 4.58. The number of H-pyrrole nitrogens is 1. The summed E-state index contributed by atoms with van der Waals surface area (Å²) in [5, 5.41) is 0. The maximum Gasteiger partial charge on any atom is 0.241 e. The normalized spacial score (nSPS) is 12.7. The van der Waals surface area contributed by atoms with E-state index in [4.69, 9.17) is 0 Å². The number of nitrogens with zero attached hydrogens (tertiary/aromatic N) is 1. The van der Waals surface area contributed by atoms with E-state index in [1.807, 2.05) is 6.20 Å². The third kappa shape index (κ3) is 7.72. The van der Waals surface area contributed by atoms with E-state index in [1.54, 1.807) is 0 Å². The van der Waals surface area contributed by atoms with E-state index in [2.05, 4.69) is 35.9 Å². The lowest BCUT2D eigenvalue weighted by molar-refractivity contribution is -0.722. The maximum atomic E-state index is 3.15. The number of hydrogen-bond acceptors (Lipinski definition) is 0. The van der Waals surface area contributed by atoms with Crippen LogP contribution in [0.1, 0.15) is 96.9 Å². The van der Waals surface area contributed by atoms with Crippen molar-refractivity contribution < 1.29 is 4.57 Å². The molecule has 1 aromatic rings. The van der Waals surface area contributed by atoms with Crippen LogP contribution in [0.3, 0.4) is 0 Å². The predicted molar refractivity (Wildman–Crippen MR) is 86.8 cm³/mol. The minimum atomic E-state index is 0.690. The highest BCUT2D eigenvalue weighted by Crippen LogP contribution is 2.15. The highest BCUT2D eigenvalue weighted by atomic mass is 15.0. The first-order valence-electron chi connectivity index (χ1n) is 8.92. The number of rotatable bonds is 13. The van der Waals surface area contributed by atoms with Gasteiger partial charge in [0, 0.05) is 0 Å². The summed E-state index contributed by atoms with van der Waals surface area (Å²) in [6.07, 6.45) is 23.1. The van der Waals surface area contributed by atoms with E-state index in [-0.39, 0.29) is 0 Å². The van der Waals surface area contributed by atoms with Crippen LogP contribution in [0.4, 0.5) is 0 Å². The number of aromatic amines is 1. The molecule has 116 valence electrons. The summed E-state index contributed by atoms with van der Waals surface area (Å²) < 4.78 is 2.33. The lowest BCUT2D eigenvalue weighted by atomic mass is 10.0. The van der Waals surface area contributed by atoms with Crippen molar-refractivity contribution >= 4 is 0 Å². The second-order valence-corrected chi connectivity index (χ2v) is 6.09. The molecule has 0 bridgehead atoms. The van der Waals surface area contributed by atoms with Gasteiger partial charge in [0.2, 0.25) is 6.33 Å². The molecule has 1 atom stereocenters. The number of nitrogens with one attached hydrogen (secondary N) is 1. The molecule has 1 N–H and O–H groups in total. The molecule has 0 fully saturated rings. The molecule has 2 heteroatoms. The Morgan fingerprint density at radius 1 is 0.850 bits per heavy atom. The molecule has 0 aliphatic heterocycles. The lowest BCUT2D eigenvalue weighted by Crippen LogP contribution is -2.36. The third-order valence-electron chi connectivity index (χ3n) is 4.35. The SMILES string of the molecule is CCCCCCCCCCCCC(CC)[n+]1cc[nH]c1. The molecule has 0 amide bonds. The first-order valence-corrected chi connectivity index (χ1v) is 8.92. The van der Waals surface area contributed by atoms with Crippen molar-refractivity contribution in [3.05, 3.63) is 18.7 Å². The van der Waals surface area contributed by atoms with Crippen molar-refractivity contribution in [2.45, 2.75) is 96.9 Å². The molecule has 0 radical (unpaired) electrons. The van der Waals surface area contributed by atoms with Crippen LogP contribution in [0, 0.1) is 0 Å². The van der Waals surface area contributed by atoms with E-state index in [0.29, 0.717) is 6.04 Å². The van der Waals surface area contributed by atoms with Crippen LogP contribution >= 0.6 is 0 Å². The molecule has 0 spiro atoms. The van der Waals surface area contributed by atoms with Gasteiger partial charge in [-0.2, -0.15) is 0 Å². The Morgan fingerprint density at radius 2 is 1.45 bits per heavy atom. The van der Waals surface area contributed by atoms with Gasteiger partial charge in [-0.25, -0.2) is 4.57 Å². The van der Waals surface area contributed by atoms with Gasteiger partial charge in [-0.05, 0) is 19.3 Å². The van der Waals surface area contributed by atoms with Gasteiger partial charge in [0.15, 0.2) is 0 Å². The largest absolute Gasteiger partial charge is 0.250 e. The Bertz CT molecular complexity index is 292. The fraction of sp³-hybridized carbons (Fsp3) is 0.833. The van der Waals surface area contributed by atoms with Crippen LogP contribution in [0.2, 0.25) is 0 Å². The molecule has 1 unspecified atom stereocenters. The Kier molecular flexibility index (Phi) is 10.3. The molecule has 1 aromatic heterocycles. The summed E-state index contributed by atoms with van der Waals surface area (Å²) >= 11 is 0.